The van der Waals surface area contributed by atoms with Gasteiger partial charge in [0.15, 0.2) is 17.5 Å². The van der Waals surface area contributed by atoms with Gasteiger partial charge < -0.3 is 0 Å². The van der Waals surface area contributed by atoms with Crippen LogP contribution in [0, 0.1) is 0 Å². The first kappa shape index (κ1) is 32.2. The molecule has 0 N–H and O–H groups in total. The van der Waals surface area contributed by atoms with Gasteiger partial charge in [0.1, 0.15) is 0 Å². The quantitative estimate of drug-likeness (QED) is 0.172. The van der Waals surface area contributed by atoms with E-state index in [1.165, 1.54) is 60.1 Å². The summed E-state index contributed by atoms with van der Waals surface area (Å²) >= 11 is 0. The van der Waals surface area contributed by atoms with Crippen LogP contribution in [0.15, 0.2) is 164 Å². The lowest BCUT2D eigenvalue weighted by molar-refractivity contribution is 0.299. The molecule has 258 valence electrons. The zero-order valence-electron chi connectivity index (χ0n) is 30.9. The van der Waals surface area contributed by atoms with Gasteiger partial charge in [0.25, 0.3) is 0 Å². The third-order valence-electron chi connectivity index (χ3n) is 12.3. The molecule has 3 heteroatoms. The Morgan fingerprint density at radius 2 is 0.815 bits per heavy atom. The summed E-state index contributed by atoms with van der Waals surface area (Å²) in [5, 5.41) is 7.34. The predicted molar refractivity (Wildman–Crippen MR) is 226 cm³/mol. The zero-order chi connectivity index (χ0) is 36.6. The predicted octanol–water partition coefficient (Wildman–Crippen LogP) is 13.2. The van der Waals surface area contributed by atoms with Gasteiger partial charge in [-0.1, -0.05) is 179 Å². The van der Waals surface area contributed by atoms with Gasteiger partial charge in [-0.05, 0) is 88.7 Å². The van der Waals surface area contributed by atoms with E-state index in [0.29, 0.717) is 17.5 Å². The molecule has 9 aromatic rings. The summed E-state index contributed by atoms with van der Waals surface area (Å²) in [5.41, 5.74) is 10.7. The van der Waals surface area contributed by atoms with Crippen LogP contribution in [0.2, 0.25) is 0 Å². The molecule has 0 unspecified atom stereocenters. The van der Waals surface area contributed by atoms with Crippen LogP contribution in [-0.4, -0.2) is 15.0 Å². The van der Waals surface area contributed by atoms with Crippen LogP contribution < -0.4 is 0 Å². The molecule has 10 rings (SSSR count). The molecule has 8 aromatic carbocycles. The molecule has 0 fully saturated rings. The van der Waals surface area contributed by atoms with Gasteiger partial charge in [0.2, 0.25) is 0 Å². The Balaban J connectivity index is 1.07. The molecule has 1 aromatic heterocycles. The maximum Gasteiger partial charge on any atom is 0.164 e. The molecule has 0 atom stereocenters. The highest BCUT2D eigenvalue weighted by Gasteiger charge is 2.45. The normalized spacial score (nSPS) is 14.2. The standard InChI is InChI=1S/C51H39N3/c1-50(2)45-17-11-10-16-42(45)44-30-37(26-29-46(44)51(50,3)4)32-18-21-36(22-19-32)48-52-47(35-13-6-5-7-14-35)53-49(54-48)38-23-20-34-25-27-40-39-15-9-8-12-33(39)24-28-41(40)43(34)31-38/h5-31H,1-4H3. The maximum absolute atomic E-state index is 5.13. The minimum absolute atomic E-state index is 0.0112. The minimum atomic E-state index is -0.0154. The molecule has 0 spiro atoms. The van der Waals surface area contributed by atoms with Gasteiger partial charge >= 0.3 is 0 Å². The van der Waals surface area contributed by atoms with E-state index < -0.39 is 0 Å². The second-order valence-electron chi connectivity index (χ2n) is 15.7. The second kappa shape index (κ2) is 12.0. The van der Waals surface area contributed by atoms with Crippen molar-refractivity contribution in [1.82, 2.24) is 15.0 Å². The van der Waals surface area contributed by atoms with E-state index in [4.69, 9.17) is 15.0 Å². The number of hydrogen-bond donors (Lipinski definition) is 0. The molecule has 0 saturated carbocycles. The Labute approximate surface area is 316 Å². The largest absolute Gasteiger partial charge is 0.208 e. The van der Waals surface area contributed by atoms with Gasteiger partial charge in [-0.2, -0.15) is 0 Å². The molecule has 0 radical (unpaired) electrons. The Hall–Kier alpha value is -6.45. The highest BCUT2D eigenvalue weighted by Crippen LogP contribution is 2.54. The average Bonchev–Trinajstić information content (AvgIpc) is 3.22. The molecule has 0 aliphatic heterocycles. The first-order chi connectivity index (χ1) is 26.3. The molecule has 54 heavy (non-hydrogen) atoms. The van der Waals surface area contributed by atoms with Crippen molar-refractivity contribution in [3.63, 3.8) is 0 Å². The van der Waals surface area contributed by atoms with Crippen LogP contribution in [0.25, 0.3) is 88.7 Å². The molecule has 0 bridgehead atoms. The van der Waals surface area contributed by atoms with E-state index >= 15 is 0 Å². The van der Waals surface area contributed by atoms with E-state index in [2.05, 4.69) is 173 Å². The monoisotopic (exact) mass is 693 g/mol. The van der Waals surface area contributed by atoms with E-state index in [1.54, 1.807) is 0 Å². The summed E-state index contributed by atoms with van der Waals surface area (Å²) < 4.78 is 0. The van der Waals surface area contributed by atoms with E-state index in [1.807, 2.05) is 18.2 Å². The summed E-state index contributed by atoms with van der Waals surface area (Å²) in [5.74, 6) is 1.96. The fourth-order valence-corrected chi connectivity index (χ4v) is 8.55. The second-order valence-corrected chi connectivity index (χ2v) is 15.7. The number of aromatic nitrogens is 3. The number of hydrogen-bond acceptors (Lipinski definition) is 3. The lowest BCUT2D eigenvalue weighted by Crippen LogP contribution is -2.43. The Bertz CT molecular complexity index is 2920. The minimum Gasteiger partial charge on any atom is -0.208 e. The topological polar surface area (TPSA) is 38.7 Å². The van der Waals surface area contributed by atoms with Crippen molar-refractivity contribution in [2.45, 2.75) is 38.5 Å². The molecular weight excluding hydrogens is 655 g/mol. The maximum atomic E-state index is 5.13. The van der Waals surface area contributed by atoms with E-state index in [9.17, 15) is 0 Å². The molecular formula is C51H39N3. The lowest BCUT2D eigenvalue weighted by atomic mass is 9.55. The van der Waals surface area contributed by atoms with Crippen LogP contribution >= 0.6 is 0 Å². The smallest absolute Gasteiger partial charge is 0.164 e. The van der Waals surface area contributed by atoms with Crippen LogP contribution in [-0.2, 0) is 10.8 Å². The van der Waals surface area contributed by atoms with Crippen LogP contribution in [0.3, 0.4) is 0 Å². The van der Waals surface area contributed by atoms with E-state index in [-0.39, 0.29) is 10.8 Å². The molecule has 0 amide bonds. The number of rotatable bonds is 4. The zero-order valence-corrected chi connectivity index (χ0v) is 30.9. The summed E-state index contributed by atoms with van der Waals surface area (Å²) in [6, 6.07) is 58.8. The molecule has 1 aliphatic rings. The number of fused-ring (bicyclic) bond motifs is 8. The van der Waals surface area contributed by atoms with Crippen molar-refractivity contribution in [2.75, 3.05) is 0 Å². The van der Waals surface area contributed by atoms with Crippen molar-refractivity contribution in [3.05, 3.63) is 175 Å². The third-order valence-corrected chi connectivity index (χ3v) is 12.3. The SMILES string of the molecule is CC1(C)c2ccccc2-c2cc(-c3ccc(-c4nc(-c5ccccc5)nc(-c5ccc6ccc7c8ccccc8ccc7c6c5)n4)cc3)ccc2C1(C)C. The molecule has 0 saturated heterocycles. The van der Waals surface area contributed by atoms with Gasteiger partial charge in [0, 0.05) is 16.7 Å². The summed E-state index contributed by atoms with van der Waals surface area (Å²) in [4.78, 5) is 15.2. The fourth-order valence-electron chi connectivity index (χ4n) is 8.55. The molecule has 3 nitrogen and oxygen atoms in total. The highest BCUT2D eigenvalue weighted by atomic mass is 15.0. The van der Waals surface area contributed by atoms with Gasteiger partial charge in [0.05, 0.1) is 0 Å². The van der Waals surface area contributed by atoms with Crippen molar-refractivity contribution < 1.29 is 0 Å². The summed E-state index contributed by atoms with van der Waals surface area (Å²) in [7, 11) is 0. The van der Waals surface area contributed by atoms with Crippen molar-refractivity contribution in [2.24, 2.45) is 0 Å². The van der Waals surface area contributed by atoms with Crippen molar-refractivity contribution in [1.29, 1.82) is 0 Å². The van der Waals surface area contributed by atoms with Crippen LogP contribution in [0.4, 0.5) is 0 Å². The average molecular weight is 694 g/mol. The van der Waals surface area contributed by atoms with Gasteiger partial charge in [-0.3, -0.25) is 0 Å². The molecule has 1 aliphatic carbocycles. The first-order valence-electron chi connectivity index (χ1n) is 18.8. The van der Waals surface area contributed by atoms with Gasteiger partial charge in [-0.15, -0.1) is 0 Å². The first-order valence-corrected chi connectivity index (χ1v) is 18.8. The fraction of sp³-hybridized carbons (Fsp3) is 0.118. The molecule has 1 heterocycles. The summed E-state index contributed by atoms with van der Waals surface area (Å²) in [6.45, 7) is 9.51. The van der Waals surface area contributed by atoms with Gasteiger partial charge in [-0.25, -0.2) is 15.0 Å². The number of benzene rings is 8. The third kappa shape index (κ3) is 4.99. The lowest BCUT2D eigenvalue weighted by Gasteiger charge is -2.48. The number of nitrogens with zero attached hydrogens (tertiary/aromatic N) is 3. The summed E-state index contributed by atoms with van der Waals surface area (Å²) in [6.07, 6.45) is 0. The Kier molecular flexibility index (Phi) is 7.19. The van der Waals surface area contributed by atoms with Crippen molar-refractivity contribution >= 4 is 32.3 Å². The Morgan fingerprint density at radius 3 is 1.56 bits per heavy atom. The van der Waals surface area contributed by atoms with Crippen molar-refractivity contribution in [3.8, 4) is 56.4 Å². The van der Waals surface area contributed by atoms with E-state index in [0.717, 1.165) is 22.3 Å². The highest BCUT2D eigenvalue weighted by molar-refractivity contribution is 6.17. The Morgan fingerprint density at radius 1 is 0.315 bits per heavy atom. The van der Waals surface area contributed by atoms with Crippen LogP contribution in [0.1, 0.15) is 38.8 Å². The van der Waals surface area contributed by atoms with Crippen LogP contribution in [0.5, 0.6) is 0 Å².